The molecule has 186 valence electrons. The third-order valence-electron chi connectivity index (χ3n) is 10.7. The van der Waals surface area contributed by atoms with Gasteiger partial charge in [-0.1, -0.05) is 54.9 Å². The molecule has 0 bridgehead atoms. The van der Waals surface area contributed by atoms with Crippen molar-refractivity contribution in [2.24, 2.45) is 62.5 Å². The van der Waals surface area contributed by atoms with Crippen LogP contribution >= 0.6 is 0 Å². The van der Waals surface area contributed by atoms with Gasteiger partial charge in [-0.3, -0.25) is 4.99 Å². The van der Waals surface area contributed by atoms with Crippen LogP contribution in [0.2, 0.25) is 0 Å². The van der Waals surface area contributed by atoms with Crippen molar-refractivity contribution in [3.8, 4) is 6.07 Å². The molecule has 4 saturated carbocycles. The number of nitrogens with zero attached hydrogens (tertiary/aromatic N) is 2. The summed E-state index contributed by atoms with van der Waals surface area (Å²) in [4.78, 5) is 4.65. The van der Waals surface area contributed by atoms with Crippen LogP contribution in [0.1, 0.15) is 106 Å². The van der Waals surface area contributed by atoms with Gasteiger partial charge in [-0.25, -0.2) is 0 Å². The Hall–Kier alpha value is -1.30. The van der Waals surface area contributed by atoms with Gasteiger partial charge in [-0.05, 0) is 103 Å². The first kappa shape index (κ1) is 26.3. The van der Waals surface area contributed by atoms with E-state index in [0.717, 1.165) is 42.1 Å². The molecule has 7 unspecified atom stereocenters. The molecule has 4 fully saturated rings. The Labute approximate surface area is 204 Å². The van der Waals surface area contributed by atoms with Crippen LogP contribution in [0.25, 0.3) is 0 Å². The van der Waals surface area contributed by atoms with Crippen molar-refractivity contribution in [1.82, 2.24) is 0 Å². The van der Waals surface area contributed by atoms with Gasteiger partial charge < -0.3 is 5.73 Å². The monoisotopic (exact) mass is 453 g/mol. The summed E-state index contributed by atoms with van der Waals surface area (Å²) in [6.07, 6.45) is 16.0. The molecule has 0 aliphatic heterocycles. The molecule has 4 rings (SSSR count). The van der Waals surface area contributed by atoms with E-state index in [9.17, 15) is 0 Å². The van der Waals surface area contributed by atoms with Crippen LogP contribution in [0.5, 0.6) is 0 Å². The summed E-state index contributed by atoms with van der Waals surface area (Å²) in [5.41, 5.74) is 7.20. The third kappa shape index (κ3) is 4.78. The largest absolute Gasteiger partial charge is 0.403 e. The lowest BCUT2D eigenvalue weighted by molar-refractivity contribution is -0.111. The smallest absolute Gasteiger partial charge is 0.102 e. The first-order chi connectivity index (χ1) is 15.6. The van der Waals surface area contributed by atoms with Crippen molar-refractivity contribution in [1.29, 1.82) is 5.26 Å². The first-order valence-electron chi connectivity index (χ1n) is 14.0. The lowest BCUT2D eigenvalue weighted by Crippen LogP contribution is -2.53. The molecule has 4 aliphatic carbocycles. The van der Waals surface area contributed by atoms with Crippen molar-refractivity contribution >= 4 is 6.21 Å². The maximum absolute atomic E-state index is 9.10. The van der Waals surface area contributed by atoms with Gasteiger partial charge in [0.15, 0.2) is 0 Å². The lowest BCUT2D eigenvalue weighted by Gasteiger charge is -2.60. The van der Waals surface area contributed by atoms with Crippen LogP contribution in [0.4, 0.5) is 0 Å². The van der Waals surface area contributed by atoms with Gasteiger partial charge in [0.05, 0.1) is 5.57 Å². The molecule has 0 aromatic heterocycles. The van der Waals surface area contributed by atoms with Gasteiger partial charge in [0.1, 0.15) is 6.07 Å². The Morgan fingerprint density at radius 2 is 1.67 bits per heavy atom. The maximum Gasteiger partial charge on any atom is 0.102 e. The highest BCUT2D eigenvalue weighted by molar-refractivity contribution is 5.83. The van der Waals surface area contributed by atoms with Gasteiger partial charge >= 0.3 is 0 Å². The lowest BCUT2D eigenvalue weighted by atomic mass is 9.45. The highest BCUT2D eigenvalue weighted by atomic mass is 14.8. The summed E-state index contributed by atoms with van der Waals surface area (Å²) in [6.45, 7) is 17.4. The van der Waals surface area contributed by atoms with Gasteiger partial charge in [0.25, 0.3) is 0 Å². The predicted molar refractivity (Wildman–Crippen MR) is 141 cm³/mol. The van der Waals surface area contributed by atoms with Crippen LogP contribution < -0.4 is 5.73 Å². The fraction of sp³-hybridized carbons (Fsp3) is 0.867. The Bertz CT molecular complexity index is 774. The van der Waals surface area contributed by atoms with Crippen molar-refractivity contribution in [2.75, 3.05) is 6.54 Å². The summed E-state index contributed by atoms with van der Waals surface area (Å²) in [7, 11) is 0. The van der Waals surface area contributed by atoms with Gasteiger partial charge in [-0.2, -0.15) is 5.26 Å². The molecule has 0 heterocycles. The molecule has 3 nitrogen and oxygen atoms in total. The minimum atomic E-state index is 0.158. The van der Waals surface area contributed by atoms with E-state index < -0.39 is 0 Å². The van der Waals surface area contributed by atoms with E-state index in [2.05, 4.69) is 45.7 Å². The van der Waals surface area contributed by atoms with Crippen molar-refractivity contribution in [2.45, 2.75) is 106 Å². The van der Waals surface area contributed by atoms with Crippen molar-refractivity contribution < 1.29 is 0 Å². The van der Waals surface area contributed by atoms with Gasteiger partial charge in [-0.15, -0.1) is 0 Å². The zero-order valence-electron chi connectivity index (χ0n) is 22.7. The molecule has 33 heavy (non-hydrogen) atoms. The van der Waals surface area contributed by atoms with Crippen molar-refractivity contribution in [3.05, 3.63) is 11.8 Å². The Kier molecular flexibility index (Phi) is 8.08. The number of aliphatic imine (C=N–C) groups is 1. The Balaban J connectivity index is 0.00000149. The van der Waals surface area contributed by atoms with Crippen molar-refractivity contribution in [3.63, 3.8) is 0 Å². The topological polar surface area (TPSA) is 62.2 Å². The third-order valence-corrected chi connectivity index (χ3v) is 10.7. The number of hydrogen-bond donors (Lipinski definition) is 1. The summed E-state index contributed by atoms with van der Waals surface area (Å²) in [5, 5.41) is 9.10. The van der Waals surface area contributed by atoms with E-state index in [1.165, 1.54) is 64.0 Å². The zero-order chi connectivity index (χ0) is 24.4. The fourth-order valence-corrected chi connectivity index (χ4v) is 9.49. The second-order valence-electron chi connectivity index (χ2n) is 13.0. The molecule has 0 spiro atoms. The van der Waals surface area contributed by atoms with Crippen LogP contribution in [0.3, 0.4) is 0 Å². The predicted octanol–water partition coefficient (Wildman–Crippen LogP) is 7.77. The van der Waals surface area contributed by atoms with E-state index >= 15 is 0 Å². The second-order valence-corrected chi connectivity index (χ2v) is 13.0. The Morgan fingerprint density at radius 1 is 1.03 bits per heavy atom. The number of nitrogens with two attached hydrogens (primary N) is 1. The Morgan fingerprint density at radius 3 is 2.33 bits per heavy atom. The van der Waals surface area contributed by atoms with E-state index in [4.69, 9.17) is 11.0 Å². The van der Waals surface area contributed by atoms with Gasteiger partial charge in [0.2, 0.25) is 0 Å². The van der Waals surface area contributed by atoms with E-state index in [-0.39, 0.29) is 5.41 Å². The van der Waals surface area contributed by atoms with E-state index in [1.54, 1.807) is 6.21 Å². The number of nitriles is 1. The molecular weight excluding hydrogens is 402 g/mol. The van der Waals surface area contributed by atoms with Crippen LogP contribution in [-0.4, -0.2) is 12.8 Å². The summed E-state index contributed by atoms with van der Waals surface area (Å²) >= 11 is 0. The van der Waals surface area contributed by atoms with E-state index in [0.29, 0.717) is 16.4 Å². The summed E-state index contributed by atoms with van der Waals surface area (Å²) in [6, 6.07) is 2.11. The number of allylic oxidation sites excluding steroid dienone is 1. The molecule has 3 heteroatoms. The molecule has 8 atom stereocenters. The van der Waals surface area contributed by atoms with Gasteiger partial charge in [0, 0.05) is 19.0 Å². The molecule has 2 N–H and O–H groups in total. The zero-order valence-corrected chi connectivity index (χ0v) is 22.7. The average molecular weight is 454 g/mol. The van der Waals surface area contributed by atoms with Crippen LogP contribution in [0.15, 0.2) is 16.8 Å². The molecule has 0 radical (unpaired) electrons. The first-order valence-corrected chi connectivity index (χ1v) is 14.0. The maximum atomic E-state index is 9.10. The minimum Gasteiger partial charge on any atom is -0.403 e. The average Bonchev–Trinajstić information content (AvgIpc) is 3.15. The SMILES string of the molecule is CC.CC1CCC2C3CCC4(C)C(CCC4C(C)(C)CN=C/C(C#N)=C\N)C3CC[C@]2(C)C1. The number of rotatable bonds is 4. The minimum absolute atomic E-state index is 0.158. The number of hydrogen-bond acceptors (Lipinski definition) is 3. The summed E-state index contributed by atoms with van der Waals surface area (Å²) < 4.78 is 0. The second kappa shape index (κ2) is 10.1. The molecular formula is C30H51N3. The molecule has 0 saturated heterocycles. The quantitative estimate of drug-likeness (QED) is 0.349. The summed E-state index contributed by atoms with van der Waals surface area (Å²) in [5.74, 6) is 5.48. The van der Waals surface area contributed by atoms with E-state index in [1.807, 2.05) is 13.8 Å². The van der Waals surface area contributed by atoms with Crippen LogP contribution in [-0.2, 0) is 0 Å². The standard InChI is InChI=1S/C28H45N3.C2H6/c1-19-6-7-23-21-11-13-28(5)24(22(21)10-12-27(23,4)14-19)8-9-25(28)26(2,3)18-31-17-20(15-29)16-30;1-2/h15,17,19,21-25H,6-14,18,29H2,1-5H3;1-2H3/b20-15-,31-17?;/t19?,21?,22?,23?,24?,25?,27-,28?;/m1./s1. The molecule has 0 amide bonds. The molecule has 0 aromatic carbocycles. The molecule has 4 aliphatic rings. The highest BCUT2D eigenvalue weighted by Gasteiger charge is 2.60. The number of fused-ring (bicyclic) bond motifs is 5. The van der Waals surface area contributed by atoms with Crippen LogP contribution in [0, 0.1) is 63.1 Å². The normalized spacial score (nSPS) is 43.0. The highest BCUT2D eigenvalue weighted by Crippen LogP contribution is 2.68. The molecule has 0 aromatic rings. The fourth-order valence-electron chi connectivity index (χ4n) is 9.49.